The van der Waals surface area contributed by atoms with Crippen LogP contribution in [-0.4, -0.2) is 41.4 Å². The van der Waals surface area contributed by atoms with Crippen molar-refractivity contribution in [3.05, 3.63) is 21.7 Å². The van der Waals surface area contributed by atoms with Crippen molar-refractivity contribution in [3.63, 3.8) is 0 Å². The van der Waals surface area contributed by atoms with Gasteiger partial charge in [-0.25, -0.2) is 4.79 Å². The van der Waals surface area contributed by atoms with Crippen LogP contribution in [0.1, 0.15) is 80.6 Å². The van der Waals surface area contributed by atoms with Crippen molar-refractivity contribution in [2.75, 3.05) is 13.1 Å². The number of halogens is 1. The summed E-state index contributed by atoms with van der Waals surface area (Å²) in [4.78, 5) is 14.2. The van der Waals surface area contributed by atoms with Crippen molar-refractivity contribution in [1.29, 1.82) is 0 Å². The number of carbonyl (C=O) groups excluding carboxylic acids is 1. The van der Waals surface area contributed by atoms with Crippen LogP contribution in [-0.2, 0) is 9.47 Å². The number of rotatable bonds is 2. The summed E-state index contributed by atoms with van der Waals surface area (Å²) in [6.45, 7) is 15.9. The molecule has 3 aliphatic rings. The second kappa shape index (κ2) is 8.03. The van der Waals surface area contributed by atoms with Gasteiger partial charge in [0.2, 0.25) is 0 Å². The first-order chi connectivity index (χ1) is 13.3. The molecule has 0 saturated heterocycles. The molecule has 0 radical (unpaired) electrons. The molecule has 0 spiro atoms. The van der Waals surface area contributed by atoms with Crippen LogP contribution in [0.2, 0.25) is 0 Å². The molecule has 1 aliphatic heterocycles. The Labute approximate surface area is 185 Å². The molecule has 0 N–H and O–H groups in total. The van der Waals surface area contributed by atoms with Crippen LogP contribution in [0, 0.1) is 11.3 Å². The topological polar surface area (TPSA) is 38.8 Å². The molecule has 29 heavy (non-hydrogen) atoms. The van der Waals surface area contributed by atoms with Crippen LogP contribution in [0.4, 0.5) is 4.79 Å². The van der Waals surface area contributed by atoms with Crippen LogP contribution >= 0.6 is 15.9 Å². The molecule has 2 aliphatic carbocycles. The van der Waals surface area contributed by atoms with Crippen LogP contribution in [0.15, 0.2) is 21.7 Å². The fourth-order valence-electron chi connectivity index (χ4n) is 4.99. The lowest BCUT2D eigenvalue weighted by molar-refractivity contribution is -0.109. The van der Waals surface area contributed by atoms with Gasteiger partial charge >= 0.3 is 6.09 Å². The van der Waals surface area contributed by atoms with E-state index in [1.165, 1.54) is 24.0 Å². The standard InChI is InChI=1S/C24H38BrNO3/c1-22(2,3)28-20-9-8-17-14-16(10-12-24(17,20)7)18-11-13-26(15-19(18)25)21(27)29-23(4,5)6/h14,17,20H,8-13,15H2,1-7H3/t17-,20+,24+/m1/s1. The summed E-state index contributed by atoms with van der Waals surface area (Å²) in [5.41, 5.74) is 2.55. The molecule has 1 heterocycles. The van der Waals surface area contributed by atoms with Crippen molar-refractivity contribution in [1.82, 2.24) is 4.90 Å². The molecule has 164 valence electrons. The smallest absolute Gasteiger partial charge is 0.410 e. The van der Waals surface area contributed by atoms with Crippen LogP contribution in [0.25, 0.3) is 0 Å². The molecule has 0 aromatic heterocycles. The molecule has 0 bridgehead atoms. The number of nitrogens with zero attached hydrogens (tertiary/aromatic N) is 1. The number of hydrogen-bond donors (Lipinski definition) is 0. The number of carbonyl (C=O) groups is 1. The molecular formula is C24H38BrNO3. The lowest BCUT2D eigenvalue weighted by Crippen LogP contribution is -2.41. The first-order valence-electron chi connectivity index (χ1n) is 11.0. The van der Waals surface area contributed by atoms with Gasteiger partial charge in [0.15, 0.2) is 0 Å². The summed E-state index contributed by atoms with van der Waals surface area (Å²) >= 11 is 3.78. The van der Waals surface area contributed by atoms with E-state index in [1.54, 1.807) is 4.90 Å². The first-order valence-corrected chi connectivity index (χ1v) is 11.8. The van der Waals surface area contributed by atoms with Crippen molar-refractivity contribution < 1.29 is 14.3 Å². The van der Waals surface area contributed by atoms with Crippen LogP contribution < -0.4 is 0 Å². The average Bonchev–Trinajstić information content (AvgIpc) is 2.87. The molecule has 0 aromatic rings. The minimum atomic E-state index is -0.460. The summed E-state index contributed by atoms with van der Waals surface area (Å²) in [5, 5.41) is 0. The van der Waals surface area contributed by atoms with E-state index in [1.807, 2.05) is 20.8 Å². The van der Waals surface area contributed by atoms with Gasteiger partial charge in [0.1, 0.15) is 5.60 Å². The molecule has 0 aromatic carbocycles. The highest BCUT2D eigenvalue weighted by Gasteiger charge is 2.49. The predicted octanol–water partition coefficient (Wildman–Crippen LogP) is 6.60. The van der Waals surface area contributed by atoms with E-state index in [0.29, 0.717) is 25.1 Å². The normalized spacial score (nSPS) is 30.9. The fraction of sp³-hybridized carbons (Fsp3) is 0.792. The van der Waals surface area contributed by atoms with Crippen molar-refractivity contribution >= 4 is 22.0 Å². The van der Waals surface area contributed by atoms with E-state index in [4.69, 9.17) is 9.47 Å². The lowest BCUT2D eigenvalue weighted by Gasteiger charge is -2.42. The maximum Gasteiger partial charge on any atom is 0.410 e. The average molecular weight is 468 g/mol. The van der Waals surface area contributed by atoms with E-state index in [2.05, 4.69) is 49.7 Å². The van der Waals surface area contributed by atoms with E-state index in [-0.39, 0.29) is 17.1 Å². The summed E-state index contributed by atoms with van der Waals surface area (Å²) < 4.78 is 13.1. The zero-order chi connectivity index (χ0) is 21.6. The maximum atomic E-state index is 12.4. The lowest BCUT2D eigenvalue weighted by atomic mass is 9.68. The van der Waals surface area contributed by atoms with Gasteiger partial charge in [-0.05, 0) is 90.7 Å². The van der Waals surface area contributed by atoms with Crippen molar-refractivity contribution in [2.45, 2.75) is 97.9 Å². The Morgan fingerprint density at radius 2 is 1.83 bits per heavy atom. The zero-order valence-electron chi connectivity index (χ0n) is 19.2. The zero-order valence-corrected chi connectivity index (χ0v) is 20.8. The second-order valence-electron chi connectivity index (χ2n) is 11.1. The first kappa shape index (κ1) is 22.9. The highest BCUT2D eigenvalue weighted by Crippen LogP contribution is 2.54. The van der Waals surface area contributed by atoms with Gasteiger partial charge < -0.3 is 14.4 Å². The van der Waals surface area contributed by atoms with E-state index < -0.39 is 5.60 Å². The largest absolute Gasteiger partial charge is 0.444 e. The molecule has 1 saturated carbocycles. The molecule has 1 amide bonds. The minimum absolute atomic E-state index is 0.0907. The number of ether oxygens (including phenoxy) is 2. The Kier molecular flexibility index (Phi) is 6.33. The monoisotopic (exact) mass is 467 g/mol. The summed E-state index contributed by atoms with van der Waals surface area (Å²) in [7, 11) is 0. The SMILES string of the molecule is CC(C)(C)OC(=O)N1CCC(C2=C[C@H]3CC[C@H](OC(C)(C)C)[C@@]3(C)CC2)=C(Br)C1. The van der Waals surface area contributed by atoms with Gasteiger partial charge in [-0.15, -0.1) is 0 Å². The summed E-state index contributed by atoms with van der Waals surface area (Å²) in [6, 6.07) is 0. The Morgan fingerprint density at radius 1 is 1.14 bits per heavy atom. The quantitative estimate of drug-likeness (QED) is 0.459. The van der Waals surface area contributed by atoms with Gasteiger partial charge in [-0.3, -0.25) is 0 Å². The molecule has 3 atom stereocenters. The van der Waals surface area contributed by atoms with Gasteiger partial charge in [0.25, 0.3) is 0 Å². The van der Waals surface area contributed by atoms with Crippen LogP contribution in [0.5, 0.6) is 0 Å². The summed E-state index contributed by atoms with van der Waals surface area (Å²) in [5.74, 6) is 0.579. The fourth-order valence-corrected chi connectivity index (χ4v) is 5.75. The molecule has 1 fully saturated rings. The van der Waals surface area contributed by atoms with Gasteiger partial charge in [-0.2, -0.15) is 0 Å². The highest BCUT2D eigenvalue weighted by atomic mass is 79.9. The van der Waals surface area contributed by atoms with Gasteiger partial charge in [0, 0.05) is 16.4 Å². The second-order valence-corrected chi connectivity index (χ2v) is 12.1. The number of fused-ring (bicyclic) bond motifs is 1. The number of hydrogen-bond acceptors (Lipinski definition) is 3. The predicted molar refractivity (Wildman–Crippen MR) is 121 cm³/mol. The molecular weight excluding hydrogens is 430 g/mol. The van der Waals surface area contributed by atoms with Crippen molar-refractivity contribution in [3.8, 4) is 0 Å². The summed E-state index contributed by atoms with van der Waals surface area (Å²) in [6.07, 6.45) is 8.14. The Morgan fingerprint density at radius 3 is 2.41 bits per heavy atom. The number of allylic oxidation sites excluding steroid dienone is 2. The Hall–Kier alpha value is -0.810. The van der Waals surface area contributed by atoms with Crippen LogP contribution in [0.3, 0.4) is 0 Å². The molecule has 3 rings (SSSR count). The highest BCUT2D eigenvalue weighted by molar-refractivity contribution is 9.11. The Balaban J connectivity index is 1.71. The maximum absolute atomic E-state index is 12.4. The van der Waals surface area contributed by atoms with Crippen molar-refractivity contribution in [2.24, 2.45) is 11.3 Å². The minimum Gasteiger partial charge on any atom is -0.444 e. The molecule has 5 heteroatoms. The van der Waals surface area contributed by atoms with Gasteiger partial charge in [0.05, 0.1) is 18.2 Å². The van der Waals surface area contributed by atoms with E-state index in [0.717, 1.165) is 23.7 Å². The third kappa shape index (κ3) is 5.28. The molecule has 0 unspecified atom stereocenters. The van der Waals surface area contributed by atoms with E-state index in [9.17, 15) is 4.79 Å². The third-order valence-corrected chi connectivity index (χ3v) is 7.21. The number of amides is 1. The third-order valence-electron chi connectivity index (χ3n) is 6.48. The van der Waals surface area contributed by atoms with Gasteiger partial charge in [-0.1, -0.05) is 28.9 Å². The molecule has 4 nitrogen and oxygen atoms in total. The van der Waals surface area contributed by atoms with E-state index >= 15 is 0 Å². The Bertz CT molecular complexity index is 713.